The maximum absolute atomic E-state index is 6.07. The summed E-state index contributed by atoms with van der Waals surface area (Å²) in [5, 5.41) is 5.10. The molecule has 1 saturated carbocycles. The summed E-state index contributed by atoms with van der Waals surface area (Å²) < 4.78 is 0. The number of aromatic nitrogens is 2. The Hall–Kier alpha value is -0.870. The largest absolute Gasteiger partial charge is 0.366 e. The molecule has 1 aliphatic rings. The Balaban J connectivity index is 1.93. The monoisotopic (exact) mass is 309 g/mol. The quantitative estimate of drug-likeness (QED) is 0.808. The summed E-state index contributed by atoms with van der Waals surface area (Å²) in [6, 6.07) is 2.67. The number of rotatable bonds is 3. The maximum Gasteiger partial charge on any atom is 0.225 e. The van der Waals surface area contributed by atoms with Crippen LogP contribution in [0.4, 0.5) is 5.82 Å². The number of hydrogen-bond acceptors (Lipinski definition) is 4. The number of aryl methyl sites for hydroxylation is 1. The van der Waals surface area contributed by atoms with Crippen molar-refractivity contribution in [2.45, 2.75) is 52.0 Å². The van der Waals surface area contributed by atoms with Crippen molar-refractivity contribution in [3.63, 3.8) is 0 Å². The zero-order valence-corrected chi connectivity index (χ0v) is 13.5. The standard InChI is InChI=1S/C15H20ClN3S/c1-3-10-6-4-5-7-12(10)17-13-11-8-9(2)20-14(11)19-15(16)18-13/h8,10,12H,3-7H2,1-2H3,(H,17,18,19). The summed E-state index contributed by atoms with van der Waals surface area (Å²) in [6.07, 6.45) is 6.43. The van der Waals surface area contributed by atoms with Gasteiger partial charge in [0.2, 0.25) is 5.28 Å². The van der Waals surface area contributed by atoms with Crippen LogP contribution in [0.25, 0.3) is 10.2 Å². The van der Waals surface area contributed by atoms with Crippen LogP contribution >= 0.6 is 22.9 Å². The van der Waals surface area contributed by atoms with Crippen molar-refractivity contribution in [1.29, 1.82) is 0 Å². The molecule has 1 aliphatic carbocycles. The van der Waals surface area contributed by atoms with E-state index < -0.39 is 0 Å². The Kier molecular flexibility index (Phi) is 4.13. The van der Waals surface area contributed by atoms with Crippen molar-refractivity contribution in [3.8, 4) is 0 Å². The highest BCUT2D eigenvalue weighted by Crippen LogP contribution is 2.33. The van der Waals surface area contributed by atoms with Gasteiger partial charge in [-0.05, 0) is 43.4 Å². The molecule has 0 saturated heterocycles. The highest BCUT2D eigenvalue weighted by atomic mass is 35.5. The lowest BCUT2D eigenvalue weighted by molar-refractivity contribution is 0.317. The number of nitrogens with one attached hydrogen (secondary N) is 1. The second-order valence-electron chi connectivity index (χ2n) is 5.62. The molecule has 0 aromatic carbocycles. The average Bonchev–Trinajstić information content (AvgIpc) is 2.79. The Morgan fingerprint density at radius 2 is 2.15 bits per heavy atom. The van der Waals surface area contributed by atoms with E-state index >= 15 is 0 Å². The Labute approximate surface area is 128 Å². The van der Waals surface area contributed by atoms with E-state index in [1.165, 1.54) is 37.0 Å². The van der Waals surface area contributed by atoms with Crippen molar-refractivity contribution in [3.05, 3.63) is 16.2 Å². The molecule has 1 fully saturated rings. The van der Waals surface area contributed by atoms with E-state index in [1.807, 2.05) is 0 Å². The minimum Gasteiger partial charge on any atom is -0.366 e. The van der Waals surface area contributed by atoms with E-state index in [2.05, 4.69) is 35.2 Å². The van der Waals surface area contributed by atoms with Gasteiger partial charge in [-0.1, -0.05) is 26.2 Å². The van der Waals surface area contributed by atoms with Gasteiger partial charge in [-0.2, -0.15) is 0 Å². The predicted octanol–water partition coefficient (Wildman–Crippen LogP) is 5.03. The summed E-state index contributed by atoms with van der Waals surface area (Å²) in [5.74, 6) is 1.65. The maximum atomic E-state index is 6.07. The van der Waals surface area contributed by atoms with E-state index in [1.54, 1.807) is 11.3 Å². The average molecular weight is 310 g/mol. The first-order chi connectivity index (χ1) is 9.67. The van der Waals surface area contributed by atoms with Gasteiger partial charge in [0.15, 0.2) is 0 Å². The minimum atomic E-state index is 0.339. The molecule has 2 atom stereocenters. The summed E-state index contributed by atoms with van der Waals surface area (Å²) >= 11 is 7.74. The van der Waals surface area contributed by atoms with E-state index in [-0.39, 0.29) is 0 Å². The fourth-order valence-electron chi connectivity index (χ4n) is 3.19. The van der Waals surface area contributed by atoms with Crippen LogP contribution < -0.4 is 5.32 Å². The van der Waals surface area contributed by atoms with Crippen molar-refractivity contribution >= 4 is 39.0 Å². The normalized spacial score (nSPS) is 23.1. The summed E-state index contributed by atoms with van der Waals surface area (Å²) in [4.78, 5) is 11.0. The molecule has 3 nitrogen and oxygen atoms in total. The lowest BCUT2D eigenvalue weighted by atomic mass is 9.83. The molecule has 0 bridgehead atoms. The molecule has 2 heterocycles. The summed E-state index contributed by atoms with van der Waals surface area (Å²) in [7, 11) is 0. The molecule has 0 aliphatic heterocycles. The highest BCUT2D eigenvalue weighted by molar-refractivity contribution is 7.18. The Bertz CT molecular complexity index is 610. The number of anilines is 1. The van der Waals surface area contributed by atoms with E-state index in [9.17, 15) is 0 Å². The third-order valence-corrected chi connectivity index (χ3v) is 5.36. The lowest BCUT2D eigenvalue weighted by Crippen LogP contribution is -2.32. The van der Waals surface area contributed by atoms with Gasteiger partial charge < -0.3 is 5.32 Å². The molecule has 0 radical (unpaired) electrons. The molecule has 0 spiro atoms. The predicted molar refractivity (Wildman–Crippen MR) is 86.8 cm³/mol. The zero-order valence-electron chi connectivity index (χ0n) is 11.9. The van der Waals surface area contributed by atoms with Crippen LogP contribution in [0, 0.1) is 12.8 Å². The first kappa shape index (κ1) is 14.1. The molecule has 20 heavy (non-hydrogen) atoms. The van der Waals surface area contributed by atoms with E-state index in [0.29, 0.717) is 11.3 Å². The van der Waals surface area contributed by atoms with Crippen LogP contribution in [0.5, 0.6) is 0 Å². The molecular weight excluding hydrogens is 290 g/mol. The fraction of sp³-hybridized carbons (Fsp3) is 0.600. The van der Waals surface area contributed by atoms with Gasteiger partial charge in [0.1, 0.15) is 10.6 Å². The molecule has 2 unspecified atom stereocenters. The van der Waals surface area contributed by atoms with Crippen LogP contribution in [0.15, 0.2) is 6.07 Å². The molecule has 3 rings (SSSR count). The van der Waals surface area contributed by atoms with Crippen LogP contribution in [-0.4, -0.2) is 16.0 Å². The highest BCUT2D eigenvalue weighted by Gasteiger charge is 2.24. The van der Waals surface area contributed by atoms with E-state index in [4.69, 9.17) is 11.6 Å². The molecule has 5 heteroatoms. The molecule has 0 amide bonds. The minimum absolute atomic E-state index is 0.339. The third-order valence-electron chi connectivity index (χ3n) is 4.24. The van der Waals surface area contributed by atoms with Gasteiger partial charge in [-0.3, -0.25) is 0 Å². The third kappa shape index (κ3) is 2.77. The smallest absolute Gasteiger partial charge is 0.225 e. The number of nitrogens with zero attached hydrogens (tertiary/aromatic N) is 2. The van der Waals surface area contributed by atoms with Gasteiger partial charge in [0.25, 0.3) is 0 Å². The molecular formula is C15H20ClN3S. The van der Waals surface area contributed by atoms with Crippen LogP contribution in [0.2, 0.25) is 5.28 Å². The van der Waals surface area contributed by atoms with Crippen molar-refractivity contribution in [2.24, 2.45) is 5.92 Å². The summed E-state index contributed by atoms with van der Waals surface area (Å²) in [5.41, 5.74) is 0. The van der Waals surface area contributed by atoms with Gasteiger partial charge in [-0.15, -0.1) is 11.3 Å². The second-order valence-corrected chi connectivity index (χ2v) is 7.19. The van der Waals surface area contributed by atoms with Gasteiger partial charge in [0, 0.05) is 10.9 Å². The molecule has 2 aromatic rings. The van der Waals surface area contributed by atoms with Crippen molar-refractivity contribution in [1.82, 2.24) is 9.97 Å². The number of hydrogen-bond donors (Lipinski definition) is 1. The summed E-state index contributed by atoms with van der Waals surface area (Å²) in [6.45, 7) is 4.38. The van der Waals surface area contributed by atoms with E-state index in [0.717, 1.165) is 22.0 Å². The molecule has 1 N–H and O–H groups in total. The Morgan fingerprint density at radius 3 is 2.95 bits per heavy atom. The number of halogens is 1. The van der Waals surface area contributed by atoms with Gasteiger partial charge >= 0.3 is 0 Å². The lowest BCUT2D eigenvalue weighted by Gasteiger charge is -2.32. The second kappa shape index (κ2) is 5.86. The first-order valence-electron chi connectivity index (χ1n) is 7.37. The first-order valence-corrected chi connectivity index (χ1v) is 8.57. The van der Waals surface area contributed by atoms with Crippen molar-refractivity contribution < 1.29 is 0 Å². The molecule has 108 valence electrons. The van der Waals surface area contributed by atoms with Crippen LogP contribution in [0.1, 0.15) is 43.9 Å². The zero-order chi connectivity index (χ0) is 14.1. The number of fused-ring (bicyclic) bond motifs is 1. The molecule has 2 aromatic heterocycles. The van der Waals surface area contributed by atoms with Gasteiger partial charge in [0.05, 0.1) is 5.39 Å². The van der Waals surface area contributed by atoms with Crippen LogP contribution in [0.3, 0.4) is 0 Å². The van der Waals surface area contributed by atoms with Crippen molar-refractivity contribution in [2.75, 3.05) is 5.32 Å². The Morgan fingerprint density at radius 1 is 1.35 bits per heavy atom. The van der Waals surface area contributed by atoms with Gasteiger partial charge in [-0.25, -0.2) is 9.97 Å². The SMILES string of the molecule is CCC1CCCCC1Nc1nc(Cl)nc2sc(C)cc12. The number of thiophene rings is 1. The van der Waals surface area contributed by atoms with Crippen LogP contribution in [-0.2, 0) is 0 Å². The fourth-order valence-corrected chi connectivity index (χ4v) is 4.29. The topological polar surface area (TPSA) is 37.8 Å².